The van der Waals surface area contributed by atoms with Gasteiger partial charge < -0.3 is 4.74 Å². The maximum Gasteiger partial charge on any atom is 0.143 e. The van der Waals surface area contributed by atoms with Crippen molar-refractivity contribution in [3.05, 3.63) is 16.6 Å². The Morgan fingerprint density at radius 1 is 1.77 bits per heavy atom. The van der Waals surface area contributed by atoms with Gasteiger partial charge in [0.05, 0.1) is 12.1 Å². The molecular formula is C9H11NO2S. The molecule has 0 saturated carbocycles. The van der Waals surface area contributed by atoms with Crippen LogP contribution >= 0.6 is 11.3 Å². The zero-order chi connectivity index (χ0) is 9.10. The maximum absolute atomic E-state index is 11.6. The number of hydrogen-bond donors (Lipinski definition) is 0. The third-order valence-electron chi connectivity index (χ3n) is 2.22. The second kappa shape index (κ2) is 3.98. The molecule has 0 spiro atoms. The second-order valence-electron chi connectivity index (χ2n) is 3.17. The molecule has 1 aromatic rings. The smallest absolute Gasteiger partial charge is 0.143 e. The normalized spacial score (nSPS) is 22.0. The highest BCUT2D eigenvalue weighted by Gasteiger charge is 2.23. The summed E-state index contributed by atoms with van der Waals surface area (Å²) in [5, 5.41) is 0. The quantitative estimate of drug-likeness (QED) is 0.733. The fourth-order valence-corrected chi connectivity index (χ4v) is 2.04. The third kappa shape index (κ3) is 2.14. The summed E-state index contributed by atoms with van der Waals surface area (Å²) in [6, 6.07) is 0. The van der Waals surface area contributed by atoms with Crippen molar-refractivity contribution in [2.24, 2.45) is 5.92 Å². The van der Waals surface area contributed by atoms with Crippen molar-refractivity contribution < 1.29 is 9.53 Å². The summed E-state index contributed by atoms with van der Waals surface area (Å²) in [4.78, 5) is 16.6. The summed E-state index contributed by atoms with van der Waals surface area (Å²) in [6.45, 7) is 1.34. The average molecular weight is 197 g/mol. The number of hydrogen-bond acceptors (Lipinski definition) is 4. The zero-order valence-corrected chi connectivity index (χ0v) is 8.05. The summed E-state index contributed by atoms with van der Waals surface area (Å²) in [7, 11) is 0. The van der Waals surface area contributed by atoms with Gasteiger partial charge in [-0.25, -0.2) is 0 Å². The maximum atomic E-state index is 11.6. The number of nitrogens with zero attached hydrogens (tertiary/aromatic N) is 1. The third-order valence-corrected chi connectivity index (χ3v) is 3.00. The van der Waals surface area contributed by atoms with E-state index in [0.717, 1.165) is 17.9 Å². The molecule has 1 atom stereocenters. The molecule has 2 rings (SSSR count). The SMILES string of the molecule is O=C(Cc1cncs1)C1CCOC1. The lowest BCUT2D eigenvalue weighted by Crippen LogP contribution is -2.16. The Balaban J connectivity index is 1.91. The summed E-state index contributed by atoms with van der Waals surface area (Å²) < 4.78 is 5.16. The highest BCUT2D eigenvalue weighted by Crippen LogP contribution is 2.17. The first-order chi connectivity index (χ1) is 6.36. The van der Waals surface area contributed by atoms with Crippen LogP contribution in [0.3, 0.4) is 0 Å². The van der Waals surface area contributed by atoms with Crippen LogP contribution in [0.4, 0.5) is 0 Å². The van der Waals surface area contributed by atoms with Crippen molar-refractivity contribution in [3.8, 4) is 0 Å². The van der Waals surface area contributed by atoms with Gasteiger partial charge in [-0.1, -0.05) is 0 Å². The fraction of sp³-hybridized carbons (Fsp3) is 0.556. The number of thiazole rings is 1. The molecule has 4 heteroatoms. The number of rotatable bonds is 3. The number of Topliss-reactive ketones (excluding diaryl/α,β-unsaturated/α-hetero) is 1. The van der Waals surface area contributed by atoms with Gasteiger partial charge in [0.2, 0.25) is 0 Å². The van der Waals surface area contributed by atoms with Crippen LogP contribution in [0.25, 0.3) is 0 Å². The van der Waals surface area contributed by atoms with E-state index in [-0.39, 0.29) is 5.92 Å². The van der Waals surface area contributed by atoms with Crippen molar-refractivity contribution in [2.45, 2.75) is 12.8 Å². The molecule has 0 aromatic carbocycles. The fourth-order valence-electron chi connectivity index (χ4n) is 1.43. The predicted molar refractivity (Wildman–Crippen MR) is 49.8 cm³/mol. The molecule has 3 nitrogen and oxygen atoms in total. The predicted octanol–water partition coefficient (Wildman–Crippen LogP) is 1.29. The topological polar surface area (TPSA) is 39.2 Å². The van der Waals surface area contributed by atoms with E-state index in [0.29, 0.717) is 18.8 Å². The molecule has 0 amide bonds. The molecule has 0 bridgehead atoms. The van der Waals surface area contributed by atoms with Crippen LogP contribution in [0.2, 0.25) is 0 Å². The lowest BCUT2D eigenvalue weighted by atomic mass is 10.0. The monoisotopic (exact) mass is 197 g/mol. The number of ether oxygens (including phenoxy) is 1. The highest BCUT2D eigenvalue weighted by atomic mass is 32.1. The molecule has 2 heterocycles. The molecule has 0 radical (unpaired) electrons. The Morgan fingerprint density at radius 2 is 2.69 bits per heavy atom. The van der Waals surface area contributed by atoms with Gasteiger partial charge >= 0.3 is 0 Å². The lowest BCUT2D eigenvalue weighted by Gasteiger charge is -2.03. The van der Waals surface area contributed by atoms with Gasteiger partial charge in [0.25, 0.3) is 0 Å². The van der Waals surface area contributed by atoms with Gasteiger partial charge in [-0.2, -0.15) is 0 Å². The molecule has 1 aromatic heterocycles. The molecule has 1 aliphatic heterocycles. The van der Waals surface area contributed by atoms with Crippen molar-refractivity contribution in [1.82, 2.24) is 4.98 Å². The van der Waals surface area contributed by atoms with Gasteiger partial charge in [0.15, 0.2) is 0 Å². The van der Waals surface area contributed by atoms with E-state index in [2.05, 4.69) is 4.98 Å². The second-order valence-corrected chi connectivity index (χ2v) is 4.14. The van der Waals surface area contributed by atoms with E-state index in [1.165, 1.54) is 11.3 Å². The van der Waals surface area contributed by atoms with E-state index >= 15 is 0 Å². The molecule has 70 valence electrons. The van der Waals surface area contributed by atoms with Gasteiger partial charge in [-0.15, -0.1) is 11.3 Å². The number of ketones is 1. The molecule has 0 N–H and O–H groups in total. The first kappa shape index (κ1) is 8.84. The van der Waals surface area contributed by atoms with Crippen molar-refractivity contribution in [1.29, 1.82) is 0 Å². The average Bonchev–Trinajstić information content (AvgIpc) is 2.74. The summed E-state index contributed by atoms with van der Waals surface area (Å²) >= 11 is 1.54. The Labute approximate surface area is 80.8 Å². The first-order valence-corrected chi connectivity index (χ1v) is 5.22. The van der Waals surface area contributed by atoms with Crippen LogP contribution in [-0.4, -0.2) is 24.0 Å². The van der Waals surface area contributed by atoms with Crippen LogP contribution in [0.1, 0.15) is 11.3 Å². The first-order valence-electron chi connectivity index (χ1n) is 4.34. The Hall–Kier alpha value is -0.740. The zero-order valence-electron chi connectivity index (χ0n) is 7.23. The standard InChI is InChI=1S/C9H11NO2S/c11-9(7-1-2-12-5-7)3-8-4-10-6-13-8/h4,6-7H,1-3,5H2. The van der Waals surface area contributed by atoms with Crippen LogP contribution in [-0.2, 0) is 16.0 Å². The minimum atomic E-state index is 0.127. The van der Waals surface area contributed by atoms with E-state index in [1.54, 1.807) is 11.7 Å². The minimum absolute atomic E-state index is 0.127. The Kier molecular flexibility index (Phi) is 2.71. The number of aromatic nitrogens is 1. The molecule has 1 unspecified atom stereocenters. The minimum Gasteiger partial charge on any atom is -0.381 e. The molecule has 0 aliphatic carbocycles. The summed E-state index contributed by atoms with van der Waals surface area (Å²) in [6.07, 6.45) is 3.18. The number of carbonyl (C=O) groups is 1. The summed E-state index contributed by atoms with van der Waals surface area (Å²) in [5.41, 5.74) is 1.76. The molecule has 1 fully saturated rings. The van der Waals surface area contributed by atoms with E-state index in [9.17, 15) is 4.79 Å². The molecule has 1 saturated heterocycles. The van der Waals surface area contributed by atoms with E-state index < -0.39 is 0 Å². The lowest BCUT2D eigenvalue weighted by molar-refractivity contribution is -0.122. The van der Waals surface area contributed by atoms with Crippen LogP contribution in [0, 0.1) is 5.92 Å². The molecular weight excluding hydrogens is 186 g/mol. The Morgan fingerprint density at radius 3 is 3.31 bits per heavy atom. The molecule has 13 heavy (non-hydrogen) atoms. The number of carbonyl (C=O) groups excluding carboxylic acids is 1. The molecule has 1 aliphatic rings. The van der Waals surface area contributed by atoms with Crippen molar-refractivity contribution in [2.75, 3.05) is 13.2 Å². The van der Waals surface area contributed by atoms with Crippen LogP contribution < -0.4 is 0 Å². The van der Waals surface area contributed by atoms with Gasteiger partial charge in [0.1, 0.15) is 5.78 Å². The van der Waals surface area contributed by atoms with Crippen molar-refractivity contribution >= 4 is 17.1 Å². The van der Waals surface area contributed by atoms with E-state index in [1.807, 2.05) is 0 Å². The summed E-state index contributed by atoms with van der Waals surface area (Å²) in [5.74, 6) is 0.420. The van der Waals surface area contributed by atoms with Crippen LogP contribution in [0.5, 0.6) is 0 Å². The van der Waals surface area contributed by atoms with Gasteiger partial charge in [0, 0.05) is 30.0 Å². The van der Waals surface area contributed by atoms with Crippen LogP contribution in [0.15, 0.2) is 11.7 Å². The van der Waals surface area contributed by atoms with Gasteiger partial charge in [-0.05, 0) is 6.42 Å². The Bertz CT molecular complexity index is 278. The largest absolute Gasteiger partial charge is 0.381 e. The van der Waals surface area contributed by atoms with E-state index in [4.69, 9.17) is 4.74 Å². The van der Waals surface area contributed by atoms with Crippen molar-refractivity contribution in [3.63, 3.8) is 0 Å². The highest BCUT2D eigenvalue weighted by molar-refractivity contribution is 7.09. The van der Waals surface area contributed by atoms with Gasteiger partial charge in [-0.3, -0.25) is 9.78 Å².